The van der Waals surface area contributed by atoms with Crippen LogP contribution >= 0.6 is 0 Å². The van der Waals surface area contributed by atoms with E-state index in [1.54, 1.807) is 18.2 Å². The van der Waals surface area contributed by atoms with E-state index >= 15 is 0 Å². The molecule has 1 aliphatic heterocycles. The Balaban J connectivity index is 1.37. The van der Waals surface area contributed by atoms with Gasteiger partial charge < -0.3 is 19.2 Å². The number of carbonyl (C=O) groups excluding carboxylic acids is 1. The molecule has 9 heteroatoms. The number of imidazole rings is 1. The van der Waals surface area contributed by atoms with Crippen molar-refractivity contribution in [1.29, 1.82) is 0 Å². The topological polar surface area (TPSA) is 102 Å². The average Bonchev–Trinajstić information content (AvgIpc) is 3.54. The molecule has 0 bridgehead atoms. The summed E-state index contributed by atoms with van der Waals surface area (Å²) in [5.41, 5.74) is 4.26. The maximum Gasteiger partial charge on any atom is 0.410 e. The monoisotopic (exact) mass is 459 g/mol. The van der Waals surface area contributed by atoms with Crippen molar-refractivity contribution < 1.29 is 19.0 Å². The van der Waals surface area contributed by atoms with Crippen molar-refractivity contribution >= 4 is 17.1 Å². The second-order valence-corrected chi connectivity index (χ2v) is 8.03. The highest BCUT2D eigenvalue weighted by Gasteiger charge is 2.33. The molecule has 9 nitrogen and oxygen atoms in total. The molecule has 5 rings (SSSR count). The lowest BCUT2D eigenvalue weighted by atomic mass is 10.1. The first-order chi connectivity index (χ1) is 16.7. The smallest absolute Gasteiger partial charge is 0.410 e. The Bertz CT molecular complexity index is 1310. The van der Waals surface area contributed by atoms with Gasteiger partial charge in [-0.25, -0.2) is 14.8 Å². The number of fused-ring (bicyclic) bond motifs is 1. The number of nitrogens with zero attached hydrogens (tertiary/aromatic N) is 4. The van der Waals surface area contributed by atoms with Crippen molar-refractivity contribution in [1.82, 2.24) is 24.8 Å². The first-order valence-electron chi connectivity index (χ1n) is 11.1. The normalized spacial score (nSPS) is 15.5. The fourth-order valence-electron chi connectivity index (χ4n) is 4.23. The van der Waals surface area contributed by atoms with Crippen molar-refractivity contribution in [2.75, 3.05) is 20.8 Å². The van der Waals surface area contributed by atoms with Crippen LogP contribution in [0.5, 0.6) is 11.9 Å². The van der Waals surface area contributed by atoms with Crippen LogP contribution in [0.3, 0.4) is 0 Å². The summed E-state index contributed by atoms with van der Waals surface area (Å²) >= 11 is 0. The molecular weight excluding hydrogens is 434 g/mol. The minimum absolute atomic E-state index is 0.155. The van der Waals surface area contributed by atoms with Gasteiger partial charge in [0.05, 0.1) is 36.9 Å². The van der Waals surface area contributed by atoms with Crippen LogP contribution in [0.1, 0.15) is 30.3 Å². The summed E-state index contributed by atoms with van der Waals surface area (Å²) in [6, 6.07) is 15.6. The van der Waals surface area contributed by atoms with E-state index in [1.165, 1.54) is 7.11 Å². The van der Waals surface area contributed by atoms with Crippen molar-refractivity contribution in [3.8, 4) is 23.0 Å². The standard InChI is InChI=1S/C25H25N5O4/c1-32-23-18(14-26-24(29-23)33-2)17-10-11-19-20(13-17)28-22(27-19)21-9-6-12-30(21)25(31)34-15-16-7-4-3-5-8-16/h3-5,7-8,10-11,13-14,21H,6,9,12,15H2,1-2H3,(H,27,28). The number of methoxy groups -OCH3 is 2. The summed E-state index contributed by atoms with van der Waals surface area (Å²) in [5.74, 6) is 1.17. The lowest BCUT2D eigenvalue weighted by molar-refractivity contribution is 0.0910. The molecule has 0 saturated carbocycles. The van der Waals surface area contributed by atoms with Gasteiger partial charge >= 0.3 is 12.1 Å². The molecule has 2 aromatic heterocycles. The Morgan fingerprint density at radius 3 is 2.76 bits per heavy atom. The van der Waals surface area contributed by atoms with Gasteiger partial charge in [0.2, 0.25) is 5.88 Å². The summed E-state index contributed by atoms with van der Waals surface area (Å²) < 4.78 is 16.1. The number of rotatable bonds is 6. The Labute approximate surface area is 196 Å². The van der Waals surface area contributed by atoms with E-state index in [9.17, 15) is 4.79 Å². The number of amides is 1. The van der Waals surface area contributed by atoms with Crippen LogP contribution in [-0.2, 0) is 11.3 Å². The highest BCUT2D eigenvalue weighted by Crippen LogP contribution is 2.34. The maximum atomic E-state index is 12.8. The van der Waals surface area contributed by atoms with E-state index in [4.69, 9.17) is 19.2 Å². The Morgan fingerprint density at radius 1 is 1.12 bits per heavy atom. The van der Waals surface area contributed by atoms with Crippen LogP contribution in [0.4, 0.5) is 4.79 Å². The van der Waals surface area contributed by atoms with E-state index in [0.29, 0.717) is 12.4 Å². The van der Waals surface area contributed by atoms with Gasteiger partial charge in [0.1, 0.15) is 12.4 Å². The number of benzene rings is 2. The Morgan fingerprint density at radius 2 is 1.97 bits per heavy atom. The lowest BCUT2D eigenvalue weighted by Crippen LogP contribution is -2.31. The largest absolute Gasteiger partial charge is 0.480 e. The number of carbonyl (C=O) groups is 1. The fraction of sp³-hybridized carbons (Fsp3) is 0.280. The predicted octanol–water partition coefficient (Wildman–Crippen LogP) is 4.51. The van der Waals surface area contributed by atoms with E-state index in [0.717, 1.165) is 46.4 Å². The number of likely N-dealkylation sites (tertiary alicyclic amines) is 1. The molecule has 0 spiro atoms. The lowest BCUT2D eigenvalue weighted by Gasteiger charge is -2.22. The molecule has 1 aliphatic rings. The number of hydrogen-bond donors (Lipinski definition) is 1. The second-order valence-electron chi connectivity index (χ2n) is 8.03. The zero-order chi connectivity index (χ0) is 23.5. The van der Waals surface area contributed by atoms with Gasteiger partial charge in [-0.2, -0.15) is 4.98 Å². The third kappa shape index (κ3) is 4.24. The molecule has 1 unspecified atom stereocenters. The Hall–Kier alpha value is -4.14. The van der Waals surface area contributed by atoms with Crippen LogP contribution in [0, 0.1) is 0 Å². The number of hydrogen-bond acceptors (Lipinski definition) is 7. The number of ether oxygens (including phenoxy) is 3. The third-order valence-electron chi connectivity index (χ3n) is 5.93. The molecule has 0 radical (unpaired) electrons. The summed E-state index contributed by atoms with van der Waals surface area (Å²) in [7, 11) is 3.07. The molecule has 1 saturated heterocycles. The molecule has 3 heterocycles. The van der Waals surface area contributed by atoms with Crippen molar-refractivity contribution in [3.63, 3.8) is 0 Å². The summed E-state index contributed by atoms with van der Waals surface area (Å²) in [6.45, 7) is 0.888. The summed E-state index contributed by atoms with van der Waals surface area (Å²) in [5, 5.41) is 0. The van der Waals surface area contributed by atoms with Gasteiger partial charge in [0.25, 0.3) is 0 Å². The number of nitrogens with one attached hydrogen (secondary N) is 1. The fourth-order valence-corrected chi connectivity index (χ4v) is 4.23. The molecule has 2 aromatic carbocycles. The van der Waals surface area contributed by atoms with Crippen LogP contribution in [0.2, 0.25) is 0 Å². The SMILES string of the molecule is COc1ncc(-c2ccc3nc(C4CCCN4C(=O)OCc4ccccc4)[nH]c3c2)c(OC)n1. The number of aromatic nitrogens is 4. The van der Waals surface area contributed by atoms with E-state index in [2.05, 4.69) is 15.0 Å². The minimum atomic E-state index is -0.326. The van der Waals surface area contributed by atoms with Gasteiger partial charge in [-0.1, -0.05) is 36.4 Å². The van der Waals surface area contributed by atoms with Gasteiger partial charge in [-0.3, -0.25) is 4.90 Å². The third-order valence-corrected chi connectivity index (χ3v) is 5.93. The average molecular weight is 460 g/mol. The highest BCUT2D eigenvalue weighted by molar-refractivity contribution is 5.83. The summed E-state index contributed by atoms with van der Waals surface area (Å²) in [4.78, 5) is 31.2. The van der Waals surface area contributed by atoms with E-state index in [-0.39, 0.29) is 24.8 Å². The second kappa shape index (κ2) is 9.38. The predicted molar refractivity (Wildman–Crippen MR) is 126 cm³/mol. The van der Waals surface area contributed by atoms with Crippen LogP contribution in [-0.4, -0.2) is 51.7 Å². The van der Waals surface area contributed by atoms with E-state index in [1.807, 2.05) is 48.5 Å². The van der Waals surface area contributed by atoms with Crippen LogP contribution < -0.4 is 9.47 Å². The summed E-state index contributed by atoms with van der Waals surface area (Å²) in [6.07, 6.45) is 3.07. The number of H-pyrrole nitrogens is 1. The van der Waals surface area contributed by atoms with Gasteiger partial charge in [-0.05, 0) is 36.1 Å². The molecule has 4 aromatic rings. The van der Waals surface area contributed by atoms with Crippen molar-refractivity contribution in [2.24, 2.45) is 0 Å². The van der Waals surface area contributed by atoms with Crippen LogP contribution in [0.15, 0.2) is 54.7 Å². The molecule has 0 aliphatic carbocycles. The first-order valence-corrected chi connectivity index (χ1v) is 11.1. The Kier molecular flexibility index (Phi) is 5.99. The molecule has 174 valence electrons. The molecule has 1 amide bonds. The van der Waals surface area contributed by atoms with Gasteiger partial charge in [-0.15, -0.1) is 0 Å². The number of aromatic amines is 1. The molecule has 34 heavy (non-hydrogen) atoms. The zero-order valence-electron chi connectivity index (χ0n) is 19.0. The first kappa shape index (κ1) is 21.7. The molecular formula is C25H25N5O4. The zero-order valence-corrected chi connectivity index (χ0v) is 19.0. The molecule has 1 N–H and O–H groups in total. The van der Waals surface area contributed by atoms with Crippen molar-refractivity contribution in [2.45, 2.75) is 25.5 Å². The van der Waals surface area contributed by atoms with E-state index < -0.39 is 0 Å². The quantitative estimate of drug-likeness (QED) is 0.452. The molecule has 1 fully saturated rings. The maximum absolute atomic E-state index is 12.8. The minimum Gasteiger partial charge on any atom is -0.480 e. The molecule has 1 atom stereocenters. The highest BCUT2D eigenvalue weighted by atomic mass is 16.6. The van der Waals surface area contributed by atoms with Crippen LogP contribution in [0.25, 0.3) is 22.2 Å². The van der Waals surface area contributed by atoms with Crippen molar-refractivity contribution in [3.05, 3.63) is 66.1 Å². The van der Waals surface area contributed by atoms with Gasteiger partial charge in [0, 0.05) is 12.7 Å². The van der Waals surface area contributed by atoms with Gasteiger partial charge in [0.15, 0.2) is 0 Å².